The molecule has 276 valence electrons. The number of aromatic nitrogens is 4. The van der Waals surface area contributed by atoms with E-state index in [1.54, 1.807) is 31.4 Å². The summed E-state index contributed by atoms with van der Waals surface area (Å²) in [5, 5.41) is 6.92. The third-order valence-corrected chi connectivity index (χ3v) is 9.01. The molecule has 0 fully saturated rings. The maximum atomic E-state index is 13.4. The van der Waals surface area contributed by atoms with Gasteiger partial charge in [0.1, 0.15) is 30.5 Å². The molecule has 4 aromatic heterocycles. The fraction of sp³-hybridized carbons (Fsp3) is 0.122. The number of anilines is 2. The van der Waals surface area contributed by atoms with Crippen molar-refractivity contribution < 1.29 is 19.3 Å². The van der Waals surface area contributed by atoms with Crippen molar-refractivity contribution in [3.8, 4) is 0 Å². The number of benzene rings is 3. The molecule has 14 heteroatoms. The van der Waals surface area contributed by atoms with Gasteiger partial charge in [-0.25, -0.2) is 9.97 Å². The summed E-state index contributed by atoms with van der Waals surface area (Å²) in [7, 11) is 3.11. The molecule has 0 radical (unpaired) electrons. The molecule has 0 bridgehead atoms. The van der Waals surface area contributed by atoms with Crippen LogP contribution in [0.25, 0.3) is 22.1 Å². The van der Waals surface area contributed by atoms with Crippen LogP contribution in [0.2, 0.25) is 0 Å². The highest BCUT2D eigenvalue weighted by molar-refractivity contribution is 6.08. The van der Waals surface area contributed by atoms with Gasteiger partial charge in [-0.1, -0.05) is 91.0 Å². The molecule has 5 heterocycles. The van der Waals surface area contributed by atoms with Crippen LogP contribution in [0.3, 0.4) is 0 Å². The number of hydrogen-bond donors (Lipinski definition) is 3. The molecule has 4 N–H and O–H groups in total. The van der Waals surface area contributed by atoms with Crippen molar-refractivity contribution in [3.63, 3.8) is 0 Å². The molecule has 1 unspecified atom stereocenters. The van der Waals surface area contributed by atoms with Gasteiger partial charge in [0.15, 0.2) is 11.3 Å². The number of amides is 2. The van der Waals surface area contributed by atoms with E-state index in [1.165, 1.54) is 18.1 Å². The van der Waals surface area contributed by atoms with Gasteiger partial charge in [0.2, 0.25) is 0 Å². The summed E-state index contributed by atoms with van der Waals surface area (Å²) in [5.74, 6) is -0.935. The number of hydrogen-bond acceptors (Lipinski definition) is 10. The van der Waals surface area contributed by atoms with Gasteiger partial charge >= 0.3 is 0 Å². The Hall–Kier alpha value is -7.48. The number of nitrogens with one attached hydrogen (secondary N) is 2. The van der Waals surface area contributed by atoms with Gasteiger partial charge in [0.25, 0.3) is 22.9 Å². The normalized spacial score (nSPS) is 13.3. The molecule has 14 nitrogen and oxygen atoms in total. The summed E-state index contributed by atoms with van der Waals surface area (Å²) in [5.41, 5.74) is 8.60. The molecule has 0 saturated carbocycles. The highest BCUT2D eigenvalue weighted by atomic mass is 16.7. The van der Waals surface area contributed by atoms with E-state index in [0.29, 0.717) is 22.1 Å². The van der Waals surface area contributed by atoms with Crippen molar-refractivity contribution >= 4 is 45.3 Å². The predicted molar refractivity (Wildman–Crippen MR) is 208 cm³/mol. The van der Waals surface area contributed by atoms with Crippen molar-refractivity contribution in [2.75, 3.05) is 25.1 Å². The van der Waals surface area contributed by atoms with Crippen molar-refractivity contribution in [3.05, 3.63) is 176 Å². The molecule has 55 heavy (non-hydrogen) atoms. The molecule has 7 aromatic rings. The molecule has 1 aliphatic heterocycles. The third-order valence-electron chi connectivity index (χ3n) is 9.01. The van der Waals surface area contributed by atoms with Crippen LogP contribution >= 0.6 is 0 Å². The monoisotopic (exact) mass is 736 g/mol. The lowest BCUT2D eigenvalue weighted by Gasteiger charge is -2.36. The number of nitrogens with zero attached hydrogens (tertiary/aromatic N) is 5. The Labute approximate surface area is 314 Å². The first-order chi connectivity index (χ1) is 26.8. The molecule has 0 saturated heterocycles. The van der Waals surface area contributed by atoms with Gasteiger partial charge in [0.05, 0.1) is 11.4 Å². The van der Waals surface area contributed by atoms with Crippen molar-refractivity contribution in [2.45, 2.75) is 19.4 Å². The largest absolute Gasteiger partial charge is 0.404 e. The van der Waals surface area contributed by atoms with Crippen molar-refractivity contribution in [1.82, 2.24) is 29.6 Å². The van der Waals surface area contributed by atoms with E-state index in [1.807, 2.05) is 97.1 Å². The number of carbonyl (C=O) groups excluding carboxylic acids is 2. The minimum absolute atomic E-state index is 0.0447. The maximum absolute atomic E-state index is 13.4. The first kappa shape index (κ1) is 35.9. The second-order valence-electron chi connectivity index (χ2n) is 12.5. The summed E-state index contributed by atoms with van der Waals surface area (Å²) in [6, 6.07) is 35.5. The van der Waals surface area contributed by atoms with Crippen LogP contribution < -0.4 is 37.2 Å². The lowest BCUT2D eigenvalue weighted by molar-refractivity contribution is 0.0711. The van der Waals surface area contributed by atoms with Gasteiger partial charge in [-0.2, -0.15) is 0 Å². The fourth-order valence-electron chi connectivity index (χ4n) is 6.24. The van der Waals surface area contributed by atoms with E-state index in [4.69, 9.17) is 15.4 Å². The highest BCUT2D eigenvalue weighted by Gasteiger charge is 2.35. The minimum atomic E-state index is -0.644. The van der Waals surface area contributed by atoms with E-state index in [2.05, 4.69) is 20.6 Å². The number of carbonyl (C=O) groups is 2. The zero-order chi connectivity index (χ0) is 38.5. The quantitative estimate of drug-likeness (QED) is 0.205. The van der Waals surface area contributed by atoms with Gasteiger partial charge < -0.3 is 30.9 Å². The highest BCUT2D eigenvalue weighted by Crippen LogP contribution is 2.34. The number of nitrogen functional groups attached to an aromatic ring is 1. The first-order valence-corrected chi connectivity index (χ1v) is 17.3. The van der Waals surface area contributed by atoms with E-state index in [-0.39, 0.29) is 41.6 Å². The first-order valence-electron chi connectivity index (χ1n) is 17.3. The van der Waals surface area contributed by atoms with Crippen LogP contribution in [0.4, 0.5) is 11.4 Å². The molecule has 2 amide bonds. The number of fused-ring (bicyclic) bond motifs is 4. The van der Waals surface area contributed by atoms with E-state index >= 15 is 0 Å². The lowest BCUT2D eigenvalue weighted by Crippen LogP contribution is -2.45. The molecule has 1 aliphatic rings. The van der Waals surface area contributed by atoms with Crippen LogP contribution in [0.1, 0.15) is 43.6 Å². The van der Waals surface area contributed by atoms with E-state index in [0.717, 1.165) is 26.2 Å². The fourth-order valence-corrected chi connectivity index (χ4v) is 6.24. The van der Waals surface area contributed by atoms with Gasteiger partial charge in [-0.15, -0.1) is 9.46 Å². The van der Waals surface area contributed by atoms with Gasteiger partial charge in [-0.3, -0.25) is 19.2 Å². The smallest absolute Gasteiger partial charge is 0.300 e. The average molecular weight is 737 g/mol. The van der Waals surface area contributed by atoms with Gasteiger partial charge in [-0.05, 0) is 41.0 Å². The van der Waals surface area contributed by atoms with Crippen molar-refractivity contribution in [2.24, 2.45) is 0 Å². The number of rotatable bonds is 8. The molecule has 1 atom stereocenters. The molecule has 3 aromatic carbocycles. The van der Waals surface area contributed by atoms with E-state index < -0.39 is 23.2 Å². The van der Waals surface area contributed by atoms with Crippen molar-refractivity contribution in [1.29, 1.82) is 0 Å². The van der Waals surface area contributed by atoms with Crippen LogP contribution in [-0.4, -0.2) is 50.2 Å². The Morgan fingerprint density at radius 3 is 1.80 bits per heavy atom. The second kappa shape index (κ2) is 15.6. The molecular weight excluding hydrogens is 701 g/mol. The Morgan fingerprint density at radius 2 is 1.24 bits per heavy atom. The SMILES string of the molecule is CN1C(=O)c2c(c3cccnc3n(OCc3ccccc3)c2=O)NC1c1ccccc1.CNC(=O)c1c(N)c2cccnc2n(OCc2ccccc2)c1=O. The summed E-state index contributed by atoms with van der Waals surface area (Å²) >= 11 is 0. The molecular formula is C41H36N8O6. The average Bonchev–Trinajstić information content (AvgIpc) is 3.23. The lowest BCUT2D eigenvalue weighted by atomic mass is 10.0. The Morgan fingerprint density at radius 1 is 0.727 bits per heavy atom. The summed E-state index contributed by atoms with van der Waals surface area (Å²) in [6.07, 6.45) is 2.73. The summed E-state index contributed by atoms with van der Waals surface area (Å²) < 4.78 is 2.14. The predicted octanol–water partition coefficient (Wildman–Crippen LogP) is 4.19. The second-order valence-corrected chi connectivity index (χ2v) is 12.5. The standard InChI is InChI=1S/C24H20N4O3.C17H16N4O3/c1-27-21(17-11-6-3-7-12-17)26-20-18-13-8-14-25-22(18)28(24(30)19(20)23(27)29)31-15-16-9-4-2-5-10-16;1-19-16(22)13-14(18)12-8-5-9-20-15(12)21(17(13)23)24-10-11-6-3-2-4-7-11/h2-14,21,26H,15H2,1H3;2-9H,10,18H2,1H3,(H,19,22). The third kappa shape index (κ3) is 7.03. The Kier molecular flexibility index (Phi) is 10.2. The van der Waals surface area contributed by atoms with Crippen LogP contribution in [0.15, 0.2) is 137 Å². The molecule has 0 aliphatic carbocycles. The zero-order valence-electron chi connectivity index (χ0n) is 29.9. The maximum Gasteiger partial charge on any atom is 0.300 e. The minimum Gasteiger partial charge on any atom is -0.404 e. The zero-order valence-corrected chi connectivity index (χ0v) is 29.9. The molecule has 8 rings (SSSR count). The summed E-state index contributed by atoms with van der Waals surface area (Å²) in [6.45, 7) is 0.332. The number of pyridine rings is 4. The Bertz CT molecular complexity index is 2630. The summed E-state index contributed by atoms with van der Waals surface area (Å²) in [4.78, 5) is 72.9. The van der Waals surface area contributed by atoms with Crippen LogP contribution in [-0.2, 0) is 13.2 Å². The topological polar surface area (TPSA) is 176 Å². The van der Waals surface area contributed by atoms with Gasteiger partial charge in [0, 0.05) is 37.3 Å². The number of nitrogens with two attached hydrogens (primary N) is 1. The van der Waals surface area contributed by atoms with Crippen LogP contribution in [0.5, 0.6) is 0 Å². The Balaban J connectivity index is 0.000000175. The van der Waals surface area contributed by atoms with Crippen LogP contribution in [0, 0.1) is 0 Å². The van der Waals surface area contributed by atoms with E-state index in [9.17, 15) is 19.2 Å². The molecule has 0 spiro atoms.